The molecule has 2 rings (SSSR count). The molecule has 0 aromatic heterocycles. The molecule has 7 heteroatoms. The van der Waals surface area contributed by atoms with Crippen LogP contribution in [0.3, 0.4) is 0 Å². The van der Waals surface area contributed by atoms with Crippen LogP contribution in [0.25, 0.3) is 0 Å². The molecule has 2 nitrogen and oxygen atoms in total. The molecule has 0 fully saturated rings. The van der Waals surface area contributed by atoms with Crippen LogP contribution in [0.4, 0.5) is 4.39 Å². The molecule has 1 amide bonds. The maximum Gasteiger partial charge on any atom is 0.248 e. The smallest absolute Gasteiger partial charge is 0.248 e. The molecule has 2 N–H and O–H groups in total. The molecule has 1 aliphatic carbocycles. The van der Waals surface area contributed by atoms with E-state index >= 15 is 0 Å². The van der Waals surface area contributed by atoms with Crippen molar-refractivity contribution in [2.75, 3.05) is 0 Å². The van der Waals surface area contributed by atoms with Crippen LogP contribution in [0.2, 0.25) is 9.26 Å². The number of benzene rings is 1. The van der Waals surface area contributed by atoms with Gasteiger partial charge in [0.2, 0.25) is 5.91 Å². The van der Waals surface area contributed by atoms with Gasteiger partial charge in [0.1, 0.15) is 5.82 Å². The Morgan fingerprint density at radius 1 is 1.04 bits per heavy atom. The van der Waals surface area contributed by atoms with Gasteiger partial charge >= 0.3 is 84.6 Å². The molecule has 1 aromatic carbocycles. The van der Waals surface area contributed by atoms with Crippen molar-refractivity contribution in [3.05, 3.63) is 55.6 Å². The summed E-state index contributed by atoms with van der Waals surface area (Å²) in [4.78, 5) is 10.4. The second kappa shape index (κ2) is 13.0. The third kappa shape index (κ3) is 7.90. The van der Waals surface area contributed by atoms with Crippen molar-refractivity contribution in [3.63, 3.8) is 0 Å². The molecule has 25 heavy (non-hydrogen) atoms. The predicted molar refractivity (Wildman–Crippen MR) is 98.2 cm³/mol. The minimum Gasteiger partial charge on any atom is -1.00 e. The molecular formula is C18H29Cl2FNOSiZr. The summed E-state index contributed by atoms with van der Waals surface area (Å²) in [5, 5.41) is 0. The number of hydrogen-bond acceptors (Lipinski definition) is 1. The second-order valence-corrected chi connectivity index (χ2v) is 12.2. The fourth-order valence-corrected chi connectivity index (χ4v) is 7.75. The molecule has 1 atom stereocenters. The maximum absolute atomic E-state index is 12.2. The summed E-state index contributed by atoms with van der Waals surface area (Å²) in [5.74, 6) is -0.139. The van der Waals surface area contributed by atoms with Crippen molar-refractivity contribution < 1.29 is 55.7 Å². The van der Waals surface area contributed by atoms with Gasteiger partial charge in [-0.15, -0.1) is 0 Å². The molecule has 1 aliphatic rings. The number of carbonyl (C=O) groups is 1. The van der Waals surface area contributed by atoms with Crippen LogP contribution in [0.15, 0.2) is 44.3 Å². The largest absolute Gasteiger partial charge is 1.00 e. The van der Waals surface area contributed by atoms with Gasteiger partial charge in [-0.05, 0) is 35.2 Å². The van der Waals surface area contributed by atoms with Crippen LogP contribution < -0.4 is 30.5 Å². The van der Waals surface area contributed by atoms with E-state index in [-0.39, 0.29) is 41.6 Å². The van der Waals surface area contributed by atoms with E-state index < -0.39 is 27.7 Å². The monoisotopic (exact) mass is 482 g/mol. The van der Waals surface area contributed by atoms with E-state index in [1.807, 2.05) is 3.28 Å². The van der Waals surface area contributed by atoms with E-state index in [0.717, 1.165) is 5.92 Å². The van der Waals surface area contributed by atoms with Crippen molar-refractivity contribution in [2.24, 2.45) is 11.7 Å². The molecule has 1 aromatic rings. The Morgan fingerprint density at radius 2 is 1.48 bits per heavy atom. The minimum absolute atomic E-state index is 0. The van der Waals surface area contributed by atoms with Crippen molar-refractivity contribution in [3.8, 4) is 0 Å². The summed E-state index contributed by atoms with van der Waals surface area (Å²) in [6.45, 7) is 9.26. The van der Waals surface area contributed by atoms with Crippen molar-refractivity contribution in [1.82, 2.24) is 0 Å². The Balaban J connectivity index is -0.000000350. The predicted octanol–water partition coefficient (Wildman–Crippen LogP) is -2.56. The molecule has 141 valence electrons. The van der Waals surface area contributed by atoms with Gasteiger partial charge in [0.15, 0.2) is 0 Å². The molecular weight excluding hydrogens is 455 g/mol. The summed E-state index contributed by atoms with van der Waals surface area (Å²) in [7, 11) is 0. The van der Waals surface area contributed by atoms with Gasteiger partial charge in [-0.3, -0.25) is 4.79 Å². The van der Waals surface area contributed by atoms with Crippen LogP contribution in [0.5, 0.6) is 0 Å². The molecule has 0 heterocycles. The molecule has 0 saturated carbocycles. The number of primary amides is 1. The van der Waals surface area contributed by atoms with Crippen molar-refractivity contribution in [1.29, 1.82) is 0 Å². The normalized spacial score (nSPS) is 15.2. The first-order valence-electron chi connectivity index (χ1n) is 7.41. The van der Waals surface area contributed by atoms with Gasteiger partial charge in [0.25, 0.3) is 0 Å². The minimum atomic E-state index is -1.11. The molecule has 0 radical (unpaired) electrons. The maximum atomic E-state index is 12.2. The van der Waals surface area contributed by atoms with Crippen molar-refractivity contribution in [2.45, 2.75) is 37.0 Å². The number of carbonyl (C=O) groups excluding carboxylic acids is 1. The molecule has 0 bridgehead atoms. The quantitative estimate of drug-likeness (QED) is 0.462. The third-order valence-corrected chi connectivity index (χ3v) is 8.94. The van der Waals surface area contributed by atoms with Crippen LogP contribution >= 0.6 is 0 Å². The van der Waals surface area contributed by atoms with Gasteiger partial charge in [-0.2, -0.15) is 0 Å². The van der Waals surface area contributed by atoms with Crippen molar-refractivity contribution >= 4 is 16.9 Å². The number of hydrogen-bond donors (Lipinski definition) is 1. The fourth-order valence-electron chi connectivity index (χ4n) is 2.79. The van der Waals surface area contributed by atoms with Gasteiger partial charge in [-0.1, -0.05) is 0 Å². The standard InChI is InChI=1S/C9H13.C7H6FNO.2CH3.2ClH.H4Si.Zr/c1-6-5-7(2)9(4)8(6)3;8-6-3-1-5(2-4-6)7(9)10;;;;;;/h6H,1-4H3;1-4H,(H2,9,10);2*1H3;2*1H;1H4;/q;;;;;;;+2/p-2. The average molecular weight is 485 g/mol. The van der Waals surface area contributed by atoms with Crippen LogP contribution in [-0.2, 0) is 21.8 Å². The first kappa shape index (κ1) is 29.5. The van der Waals surface area contributed by atoms with Gasteiger partial charge in [0, 0.05) is 5.56 Å². The van der Waals surface area contributed by atoms with Crippen LogP contribution in [-0.4, -0.2) is 16.9 Å². The van der Waals surface area contributed by atoms with E-state index in [2.05, 4.69) is 37.0 Å². The van der Waals surface area contributed by atoms with E-state index in [9.17, 15) is 9.18 Å². The zero-order chi connectivity index (χ0) is 17.0. The number of halogens is 3. The van der Waals surface area contributed by atoms with E-state index in [1.165, 1.54) is 24.3 Å². The van der Waals surface area contributed by atoms with Gasteiger partial charge in [0.05, 0.1) is 0 Å². The summed E-state index contributed by atoms with van der Waals surface area (Å²) >= 11 is -1.11. The van der Waals surface area contributed by atoms with Gasteiger partial charge in [-0.25, -0.2) is 4.39 Å². The average Bonchev–Trinajstić information content (AvgIpc) is 2.64. The number of allylic oxidation sites excluding steroid dienone is 4. The first-order chi connectivity index (χ1) is 10.2. The zero-order valence-corrected chi connectivity index (χ0v) is 19.0. The van der Waals surface area contributed by atoms with Gasteiger partial charge < -0.3 is 30.5 Å². The number of nitrogens with two attached hydrogens (primary N) is 1. The van der Waals surface area contributed by atoms with Crippen LogP contribution in [0.1, 0.15) is 38.1 Å². The SMILES string of the molecule is CC1=C(C)C(C)[C]([Zr+2]([CH3])[CH3])=C1C.NC(=O)c1ccc(F)cc1.[Cl-].[Cl-].[SiH4]. The van der Waals surface area contributed by atoms with Crippen LogP contribution in [0, 0.1) is 11.7 Å². The summed E-state index contributed by atoms with van der Waals surface area (Å²) in [5.41, 5.74) is 10.0. The zero-order valence-electron chi connectivity index (χ0n) is 15.0. The Morgan fingerprint density at radius 3 is 1.72 bits per heavy atom. The topological polar surface area (TPSA) is 43.1 Å². The Bertz CT molecular complexity index is 630. The molecule has 0 spiro atoms. The summed E-state index contributed by atoms with van der Waals surface area (Å²) in [6, 6.07) is 5.08. The third-order valence-electron chi connectivity index (χ3n) is 4.31. The van der Waals surface area contributed by atoms with E-state index in [4.69, 9.17) is 5.73 Å². The number of rotatable bonds is 2. The molecule has 0 saturated heterocycles. The summed E-state index contributed by atoms with van der Waals surface area (Å²) in [6.07, 6.45) is 0. The molecule has 0 aliphatic heterocycles. The molecule has 1 unspecified atom stereocenters. The summed E-state index contributed by atoms with van der Waals surface area (Å²) < 4.78 is 19.0. The first-order valence-corrected chi connectivity index (χ1v) is 13.6. The Kier molecular flexibility index (Phi) is 15.4. The second-order valence-electron chi connectivity index (χ2n) is 5.94. The van der Waals surface area contributed by atoms with E-state index in [0.29, 0.717) is 5.56 Å². The Hall–Kier alpha value is -0.220. The number of amides is 1. The Labute approximate surface area is 176 Å². The fraction of sp³-hybridized carbons (Fsp3) is 0.389. The van der Waals surface area contributed by atoms with E-state index in [1.54, 1.807) is 16.7 Å².